The number of carbonyl (C=O) groups excluding carboxylic acids is 2. The number of aromatic nitrogens is 2. The number of aliphatic hydroxyl groups is 1. The van der Waals surface area contributed by atoms with Crippen LogP contribution >= 0.6 is 34.4 Å². The fourth-order valence-electron chi connectivity index (χ4n) is 5.50. The number of anilines is 1. The molecule has 1 aliphatic heterocycles. The van der Waals surface area contributed by atoms with Gasteiger partial charge in [0.25, 0.3) is 5.78 Å². The molecule has 228 valence electrons. The number of ether oxygens (including phenoxy) is 1. The number of fused-ring (bicyclic) bond motifs is 1. The van der Waals surface area contributed by atoms with E-state index < -0.39 is 17.7 Å². The molecule has 46 heavy (non-hydrogen) atoms. The van der Waals surface area contributed by atoms with E-state index >= 15 is 0 Å². The number of Topliss-reactive ketones (excluding diaryl/α,β-unsaturated/α-hetero) is 1. The Morgan fingerprint density at radius 1 is 0.935 bits per heavy atom. The number of amides is 1. The third-order valence-electron chi connectivity index (χ3n) is 7.71. The van der Waals surface area contributed by atoms with Gasteiger partial charge in [-0.2, -0.15) is 0 Å². The lowest BCUT2D eigenvalue weighted by molar-refractivity contribution is -0.132. The first-order chi connectivity index (χ1) is 22.5. The molecule has 0 bridgehead atoms. The van der Waals surface area contributed by atoms with Crippen molar-refractivity contribution in [3.05, 3.63) is 141 Å². The van der Waals surface area contributed by atoms with Crippen LogP contribution in [0.2, 0.25) is 0 Å². The summed E-state index contributed by atoms with van der Waals surface area (Å²) in [5.74, 6) is -0.473. The summed E-state index contributed by atoms with van der Waals surface area (Å²) in [5, 5.41) is 24.7. The topological polar surface area (TPSA) is 92.6 Å². The first-order valence-electron chi connectivity index (χ1n) is 14.5. The Labute approximate surface area is 277 Å². The van der Waals surface area contributed by atoms with Crippen LogP contribution in [0, 0.1) is 6.92 Å². The summed E-state index contributed by atoms with van der Waals surface area (Å²) in [5.41, 5.74) is 3.80. The molecular formula is C36H27N3O4S3. The fraction of sp³-hybridized carbons (Fsp3) is 0.111. The molecule has 2 aromatic heterocycles. The smallest absolute Gasteiger partial charge is 0.301 e. The van der Waals surface area contributed by atoms with Crippen molar-refractivity contribution in [3.63, 3.8) is 0 Å². The van der Waals surface area contributed by atoms with Crippen LogP contribution in [0.15, 0.2) is 118 Å². The maximum absolute atomic E-state index is 13.5. The molecule has 7 rings (SSSR count). The average molecular weight is 662 g/mol. The third-order valence-corrected chi connectivity index (χ3v) is 10.7. The van der Waals surface area contributed by atoms with Gasteiger partial charge in [-0.05, 0) is 64.5 Å². The number of ketones is 1. The van der Waals surface area contributed by atoms with E-state index in [4.69, 9.17) is 4.74 Å². The van der Waals surface area contributed by atoms with E-state index in [0.29, 0.717) is 33.1 Å². The zero-order chi connectivity index (χ0) is 31.6. The zero-order valence-corrected chi connectivity index (χ0v) is 27.1. The highest BCUT2D eigenvalue weighted by Gasteiger charge is 2.48. The fourth-order valence-corrected chi connectivity index (χ4v) is 8.19. The van der Waals surface area contributed by atoms with Gasteiger partial charge >= 0.3 is 5.91 Å². The van der Waals surface area contributed by atoms with Crippen LogP contribution in [-0.4, -0.2) is 27.0 Å². The second-order valence-corrected chi connectivity index (χ2v) is 13.9. The first-order valence-corrected chi connectivity index (χ1v) is 17.2. The molecule has 6 aromatic rings. The van der Waals surface area contributed by atoms with Crippen LogP contribution < -0.4 is 9.64 Å². The van der Waals surface area contributed by atoms with Gasteiger partial charge in [-0.15, -0.1) is 21.5 Å². The molecule has 0 saturated carbocycles. The molecule has 4 aromatic carbocycles. The van der Waals surface area contributed by atoms with E-state index in [1.165, 1.54) is 55.7 Å². The number of aryl methyl sites for hydroxylation is 1. The Hall–Kier alpha value is -4.77. The van der Waals surface area contributed by atoms with Crippen LogP contribution in [0.5, 0.6) is 5.75 Å². The normalized spacial score (nSPS) is 15.9. The summed E-state index contributed by atoms with van der Waals surface area (Å²) < 4.78 is 6.61. The molecular weight excluding hydrogens is 635 g/mol. The van der Waals surface area contributed by atoms with E-state index in [2.05, 4.69) is 40.5 Å². The van der Waals surface area contributed by atoms with Crippen molar-refractivity contribution in [1.29, 1.82) is 0 Å². The zero-order valence-electron chi connectivity index (χ0n) is 24.6. The van der Waals surface area contributed by atoms with Crippen LogP contribution in [0.4, 0.5) is 5.13 Å². The predicted molar refractivity (Wildman–Crippen MR) is 184 cm³/mol. The number of thiophene rings is 1. The lowest BCUT2D eigenvalue weighted by Gasteiger charge is -2.20. The minimum atomic E-state index is -0.832. The number of rotatable bonds is 9. The lowest BCUT2D eigenvalue weighted by Crippen LogP contribution is -2.29. The van der Waals surface area contributed by atoms with Gasteiger partial charge in [0.15, 0.2) is 4.34 Å². The molecule has 1 atom stereocenters. The molecule has 10 heteroatoms. The van der Waals surface area contributed by atoms with Crippen LogP contribution in [0.25, 0.3) is 16.5 Å². The van der Waals surface area contributed by atoms with Crippen LogP contribution in [0.3, 0.4) is 0 Å². The minimum Gasteiger partial charge on any atom is -0.507 e. The van der Waals surface area contributed by atoms with Gasteiger partial charge in [0, 0.05) is 16.2 Å². The van der Waals surface area contributed by atoms with Gasteiger partial charge in [-0.25, -0.2) is 0 Å². The second kappa shape index (κ2) is 12.9. The number of hydrogen-bond acceptors (Lipinski definition) is 9. The molecule has 0 spiro atoms. The quantitative estimate of drug-likeness (QED) is 0.0546. The van der Waals surface area contributed by atoms with Crippen molar-refractivity contribution in [2.24, 2.45) is 0 Å². The van der Waals surface area contributed by atoms with Gasteiger partial charge in [0.2, 0.25) is 5.13 Å². The molecule has 1 fully saturated rings. The number of benzene rings is 4. The number of aliphatic hydroxyl groups excluding tert-OH is 1. The largest absolute Gasteiger partial charge is 0.507 e. The molecule has 7 nitrogen and oxygen atoms in total. The molecule has 0 radical (unpaired) electrons. The maximum atomic E-state index is 13.5. The summed E-state index contributed by atoms with van der Waals surface area (Å²) in [6, 6.07) is 32.3. The number of nitrogens with zero attached hydrogens (tertiary/aromatic N) is 3. The third kappa shape index (κ3) is 5.94. The SMILES string of the molecule is Cc1cccc(COc2ccc(/C(O)=C3\C(=O)C(=O)N(c4nnc(SCc5cccc6ccccc56)s4)C3c3cccs3)cc2)c1. The van der Waals surface area contributed by atoms with E-state index in [9.17, 15) is 14.7 Å². The predicted octanol–water partition coefficient (Wildman–Crippen LogP) is 8.56. The van der Waals surface area contributed by atoms with Gasteiger partial charge in [0.05, 0.1) is 5.57 Å². The molecule has 1 amide bonds. The number of thioether (sulfide) groups is 1. The van der Waals surface area contributed by atoms with E-state index in [0.717, 1.165) is 16.0 Å². The van der Waals surface area contributed by atoms with E-state index in [1.54, 1.807) is 24.3 Å². The van der Waals surface area contributed by atoms with Gasteiger partial charge in [-0.1, -0.05) is 101 Å². The Morgan fingerprint density at radius 2 is 1.74 bits per heavy atom. The van der Waals surface area contributed by atoms with Gasteiger partial charge in [0.1, 0.15) is 24.2 Å². The first kappa shape index (κ1) is 29.9. The lowest BCUT2D eigenvalue weighted by atomic mass is 10.00. The summed E-state index contributed by atoms with van der Waals surface area (Å²) in [7, 11) is 0. The molecule has 0 aliphatic carbocycles. The summed E-state index contributed by atoms with van der Waals surface area (Å²) in [4.78, 5) is 29.2. The molecule has 1 saturated heterocycles. The van der Waals surface area contributed by atoms with E-state index in [-0.39, 0.29) is 11.3 Å². The Balaban J connectivity index is 1.14. The van der Waals surface area contributed by atoms with Crippen molar-refractivity contribution in [2.75, 3.05) is 4.90 Å². The van der Waals surface area contributed by atoms with Crippen LogP contribution in [0.1, 0.15) is 33.2 Å². The highest BCUT2D eigenvalue weighted by atomic mass is 32.2. The maximum Gasteiger partial charge on any atom is 0.301 e. The summed E-state index contributed by atoms with van der Waals surface area (Å²) in [6.45, 7) is 2.44. The summed E-state index contributed by atoms with van der Waals surface area (Å²) in [6.07, 6.45) is 0. The number of carbonyl (C=O) groups is 2. The Kier molecular flexibility index (Phi) is 8.40. The molecule has 1 unspecified atom stereocenters. The molecule has 1 N–H and O–H groups in total. The van der Waals surface area contributed by atoms with Crippen molar-refractivity contribution >= 4 is 67.8 Å². The van der Waals surface area contributed by atoms with Crippen molar-refractivity contribution in [2.45, 2.75) is 29.7 Å². The molecule has 3 heterocycles. The minimum absolute atomic E-state index is 0.0148. The Bertz CT molecular complexity index is 2080. The number of hydrogen-bond donors (Lipinski definition) is 1. The monoisotopic (exact) mass is 661 g/mol. The van der Waals surface area contributed by atoms with Crippen molar-refractivity contribution in [3.8, 4) is 5.75 Å². The average Bonchev–Trinajstić information content (AvgIpc) is 3.83. The van der Waals surface area contributed by atoms with Crippen molar-refractivity contribution < 1.29 is 19.4 Å². The molecule has 1 aliphatic rings. The highest BCUT2D eigenvalue weighted by Crippen LogP contribution is 2.45. The standard InChI is InChI=1S/C36H27N3O4S3/c1-22-7-4-8-23(19-22)20-43-27-16-14-25(15-17-27)32(40)30-31(29-13-6-18-44-29)39(34(42)33(30)41)35-37-38-36(46-35)45-21-26-11-5-10-24-9-2-3-12-28(24)26/h2-19,31,40H,20-21H2,1H3/b32-30+. The van der Waals surface area contributed by atoms with Crippen LogP contribution in [-0.2, 0) is 21.9 Å². The van der Waals surface area contributed by atoms with Gasteiger partial charge in [-0.3, -0.25) is 14.5 Å². The second-order valence-electron chi connectivity index (χ2n) is 10.8. The van der Waals surface area contributed by atoms with Gasteiger partial charge < -0.3 is 9.84 Å². The highest BCUT2D eigenvalue weighted by molar-refractivity contribution is 8.00. The van der Waals surface area contributed by atoms with Crippen molar-refractivity contribution in [1.82, 2.24) is 10.2 Å². The summed E-state index contributed by atoms with van der Waals surface area (Å²) >= 11 is 4.19. The Morgan fingerprint density at radius 3 is 2.54 bits per heavy atom. The van der Waals surface area contributed by atoms with E-state index in [1.807, 2.05) is 60.8 Å².